The van der Waals surface area contributed by atoms with Gasteiger partial charge in [0.2, 0.25) is 0 Å². The number of pyridine rings is 1. The van der Waals surface area contributed by atoms with Gasteiger partial charge in [-0.3, -0.25) is 19.4 Å². The minimum Gasteiger partial charge on any atom is -0.488 e. The molecule has 0 spiro atoms. The van der Waals surface area contributed by atoms with Crippen LogP contribution < -0.4 is 4.74 Å². The number of benzene rings is 2. The molecular weight excluding hydrogens is 392 g/mol. The van der Waals surface area contributed by atoms with E-state index < -0.39 is 6.04 Å². The maximum absolute atomic E-state index is 13.0. The average Bonchev–Trinajstić information content (AvgIpc) is 3.03. The highest BCUT2D eigenvalue weighted by Gasteiger charge is 2.38. The number of amides is 1. The predicted octanol–water partition coefficient (Wildman–Crippen LogP) is 3.85. The molecule has 0 bridgehead atoms. The predicted molar refractivity (Wildman–Crippen MR) is 115 cm³/mol. The van der Waals surface area contributed by atoms with Crippen LogP contribution in [0.25, 0.3) is 10.9 Å². The lowest BCUT2D eigenvalue weighted by Crippen LogP contribution is -2.40. The van der Waals surface area contributed by atoms with E-state index in [0.29, 0.717) is 37.3 Å². The molecule has 1 saturated carbocycles. The maximum atomic E-state index is 13.0. The van der Waals surface area contributed by atoms with E-state index in [-0.39, 0.29) is 30.3 Å². The molecule has 1 unspecified atom stereocenters. The van der Waals surface area contributed by atoms with Gasteiger partial charge in [0, 0.05) is 47.5 Å². The number of ether oxygens (including phenoxy) is 1. The van der Waals surface area contributed by atoms with Crippen LogP contribution in [-0.4, -0.2) is 33.4 Å². The molecule has 3 aromatic rings. The number of hydrogen-bond donors (Lipinski definition) is 0. The first-order chi connectivity index (χ1) is 15.1. The zero-order valence-corrected chi connectivity index (χ0v) is 17.0. The number of rotatable bonds is 4. The Labute approximate surface area is 179 Å². The number of ketones is 2. The van der Waals surface area contributed by atoms with Gasteiger partial charge >= 0.3 is 0 Å². The fraction of sp³-hybridized carbons (Fsp3) is 0.280. The van der Waals surface area contributed by atoms with Crippen LogP contribution in [0, 0.1) is 0 Å². The molecule has 2 aliphatic rings. The van der Waals surface area contributed by atoms with Gasteiger partial charge in [-0.05, 0) is 30.7 Å². The number of aromatic nitrogens is 1. The molecule has 0 N–H and O–H groups in total. The number of carbonyl (C=O) groups is 3. The number of para-hydroxylation sites is 1. The maximum Gasteiger partial charge on any atom is 0.255 e. The molecular formula is C25H22N2O4. The Kier molecular flexibility index (Phi) is 4.98. The zero-order valence-electron chi connectivity index (χ0n) is 17.0. The second kappa shape index (κ2) is 7.95. The van der Waals surface area contributed by atoms with E-state index in [1.54, 1.807) is 23.2 Å². The molecule has 1 fully saturated rings. The first kappa shape index (κ1) is 19.4. The Hall–Kier alpha value is -3.54. The highest BCUT2D eigenvalue weighted by molar-refractivity contribution is 6.02. The molecule has 2 aromatic carbocycles. The highest BCUT2D eigenvalue weighted by Crippen LogP contribution is 2.34. The van der Waals surface area contributed by atoms with Gasteiger partial charge in [-0.2, -0.15) is 0 Å². The summed E-state index contributed by atoms with van der Waals surface area (Å²) in [5, 5.41) is 1.05. The van der Waals surface area contributed by atoms with E-state index in [1.165, 1.54) is 0 Å². The van der Waals surface area contributed by atoms with E-state index in [2.05, 4.69) is 4.98 Å². The molecule has 2 heterocycles. The smallest absolute Gasteiger partial charge is 0.255 e. The van der Waals surface area contributed by atoms with Crippen molar-refractivity contribution in [3.05, 3.63) is 71.4 Å². The summed E-state index contributed by atoms with van der Waals surface area (Å²) in [5.74, 6) is 0.531. The van der Waals surface area contributed by atoms with Gasteiger partial charge in [-0.15, -0.1) is 0 Å². The minimum absolute atomic E-state index is 0.0308. The molecule has 1 amide bonds. The minimum atomic E-state index is -0.538. The average molecular weight is 414 g/mol. The number of hydrogen-bond acceptors (Lipinski definition) is 5. The molecule has 6 nitrogen and oxygen atoms in total. The Morgan fingerprint density at radius 3 is 2.77 bits per heavy atom. The lowest BCUT2D eigenvalue weighted by atomic mass is 10.1. The van der Waals surface area contributed by atoms with Gasteiger partial charge in [0.05, 0.1) is 18.1 Å². The quantitative estimate of drug-likeness (QED) is 0.606. The molecule has 1 aliphatic heterocycles. The van der Waals surface area contributed by atoms with Crippen molar-refractivity contribution in [3.8, 4) is 5.75 Å². The van der Waals surface area contributed by atoms with Crippen LogP contribution in [0.5, 0.6) is 5.75 Å². The van der Waals surface area contributed by atoms with Crippen LogP contribution in [0.15, 0.2) is 54.7 Å². The number of Topliss-reactive ketones (excluding diaryl/α,β-unsaturated/α-hetero) is 2. The number of nitrogens with zero attached hydrogens (tertiary/aromatic N) is 2. The number of carbonyl (C=O) groups excluding carboxylic acids is 3. The van der Waals surface area contributed by atoms with Crippen LogP contribution >= 0.6 is 0 Å². The summed E-state index contributed by atoms with van der Waals surface area (Å²) in [6.45, 7) is 0.657. The van der Waals surface area contributed by atoms with Crippen LogP contribution in [0.1, 0.15) is 47.2 Å². The molecule has 1 aliphatic carbocycles. The van der Waals surface area contributed by atoms with E-state index in [1.807, 2.05) is 36.4 Å². The Morgan fingerprint density at radius 2 is 1.87 bits per heavy atom. The van der Waals surface area contributed by atoms with E-state index in [0.717, 1.165) is 22.0 Å². The summed E-state index contributed by atoms with van der Waals surface area (Å²) in [6, 6.07) is 14.8. The zero-order chi connectivity index (χ0) is 21.4. The van der Waals surface area contributed by atoms with Crippen molar-refractivity contribution in [2.75, 3.05) is 0 Å². The van der Waals surface area contributed by atoms with Crippen molar-refractivity contribution in [1.29, 1.82) is 0 Å². The second-order valence-electron chi connectivity index (χ2n) is 8.10. The van der Waals surface area contributed by atoms with E-state index in [9.17, 15) is 14.4 Å². The molecule has 1 aromatic heterocycles. The van der Waals surface area contributed by atoms with Crippen LogP contribution in [0.2, 0.25) is 0 Å². The molecule has 0 radical (unpaired) electrons. The van der Waals surface area contributed by atoms with Crippen molar-refractivity contribution in [1.82, 2.24) is 9.88 Å². The van der Waals surface area contributed by atoms with Gasteiger partial charge in [0.1, 0.15) is 18.1 Å². The summed E-state index contributed by atoms with van der Waals surface area (Å²) in [4.78, 5) is 43.4. The normalized spacial score (nSPS) is 18.9. The third-order valence-corrected chi connectivity index (χ3v) is 6.09. The van der Waals surface area contributed by atoms with Crippen molar-refractivity contribution < 1.29 is 19.1 Å². The standard InChI is InChI=1S/C25H22N2O4/c28-18-8-10-22(23(29)11-9-18)27-14-20-19(25(27)30)5-3-7-24(20)31-15-16-12-17-4-1-2-6-21(17)26-13-16/h1-7,12-13,22H,8-11,14-15H2. The van der Waals surface area contributed by atoms with Gasteiger partial charge in [0.15, 0.2) is 5.78 Å². The highest BCUT2D eigenvalue weighted by atomic mass is 16.5. The molecule has 31 heavy (non-hydrogen) atoms. The topological polar surface area (TPSA) is 76.6 Å². The largest absolute Gasteiger partial charge is 0.488 e. The number of fused-ring (bicyclic) bond motifs is 2. The monoisotopic (exact) mass is 414 g/mol. The van der Waals surface area contributed by atoms with Gasteiger partial charge in [0.25, 0.3) is 5.91 Å². The van der Waals surface area contributed by atoms with Crippen molar-refractivity contribution in [3.63, 3.8) is 0 Å². The van der Waals surface area contributed by atoms with Crippen molar-refractivity contribution in [2.45, 2.75) is 44.9 Å². The lowest BCUT2D eigenvalue weighted by Gasteiger charge is -2.25. The van der Waals surface area contributed by atoms with E-state index >= 15 is 0 Å². The van der Waals surface area contributed by atoms with Gasteiger partial charge < -0.3 is 9.64 Å². The van der Waals surface area contributed by atoms with Gasteiger partial charge in [-0.25, -0.2) is 0 Å². The third kappa shape index (κ3) is 3.69. The summed E-state index contributed by atoms with van der Waals surface area (Å²) in [6.07, 6.45) is 3.02. The Bertz CT molecular complexity index is 1200. The second-order valence-corrected chi connectivity index (χ2v) is 8.10. The van der Waals surface area contributed by atoms with E-state index in [4.69, 9.17) is 4.74 Å². The first-order valence-electron chi connectivity index (χ1n) is 10.5. The SMILES string of the molecule is O=C1CCC(=O)C(N2Cc3c(OCc4cnc5ccccc5c4)cccc3C2=O)CC1. The Balaban J connectivity index is 1.36. The van der Waals surface area contributed by atoms with Gasteiger partial charge in [-0.1, -0.05) is 24.3 Å². The summed E-state index contributed by atoms with van der Waals surface area (Å²) >= 11 is 0. The summed E-state index contributed by atoms with van der Waals surface area (Å²) < 4.78 is 6.08. The molecule has 1 atom stereocenters. The molecule has 6 heteroatoms. The lowest BCUT2D eigenvalue weighted by molar-refractivity contribution is -0.124. The fourth-order valence-corrected chi connectivity index (χ4v) is 4.41. The Morgan fingerprint density at radius 1 is 1.00 bits per heavy atom. The fourth-order valence-electron chi connectivity index (χ4n) is 4.41. The third-order valence-electron chi connectivity index (χ3n) is 6.09. The first-order valence-corrected chi connectivity index (χ1v) is 10.5. The van der Waals surface area contributed by atoms with Crippen LogP contribution in [0.4, 0.5) is 0 Å². The molecule has 156 valence electrons. The van der Waals surface area contributed by atoms with Crippen molar-refractivity contribution >= 4 is 28.4 Å². The van der Waals surface area contributed by atoms with Crippen molar-refractivity contribution in [2.24, 2.45) is 0 Å². The summed E-state index contributed by atoms with van der Waals surface area (Å²) in [5.41, 5.74) is 3.23. The molecule has 0 saturated heterocycles. The van der Waals surface area contributed by atoms with Crippen LogP contribution in [-0.2, 0) is 22.7 Å². The molecule has 5 rings (SSSR count). The summed E-state index contributed by atoms with van der Waals surface area (Å²) in [7, 11) is 0. The van der Waals surface area contributed by atoms with Crippen LogP contribution in [0.3, 0.4) is 0 Å².